The number of benzene rings is 20. The molecule has 0 amide bonds. The molecule has 0 saturated carbocycles. The molecule has 1 nitrogen and oxygen atoms in total. The zero-order valence-electron chi connectivity index (χ0n) is 63.2. The van der Waals surface area contributed by atoms with E-state index in [-0.39, 0.29) is 10.8 Å². The van der Waals surface area contributed by atoms with Gasteiger partial charge in [-0.05, 0) is 277 Å². The van der Waals surface area contributed by atoms with Crippen LogP contribution in [0.5, 0.6) is 0 Å². The molecule has 22 rings (SSSR count). The van der Waals surface area contributed by atoms with E-state index in [1.807, 2.05) is 0 Å². The highest BCUT2D eigenvalue weighted by molar-refractivity contribution is 9.10. The summed E-state index contributed by atoms with van der Waals surface area (Å²) in [5.41, 5.74) is 24.6. The van der Waals surface area contributed by atoms with E-state index >= 15 is 0 Å². The number of hydrogen-bond donors (Lipinski definition) is 0. The van der Waals surface area contributed by atoms with Crippen LogP contribution in [0.15, 0.2) is 368 Å². The van der Waals surface area contributed by atoms with Gasteiger partial charge in [0.05, 0.1) is 5.69 Å². The van der Waals surface area contributed by atoms with Crippen LogP contribution in [0.25, 0.3) is 152 Å². The summed E-state index contributed by atoms with van der Waals surface area (Å²) < 4.78 is 1.16. The highest BCUT2D eigenvalue weighted by Gasteiger charge is 2.39. The number of fused-ring (bicyclic) bond motifs is 22. The van der Waals surface area contributed by atoms with Gasteiger partial charge in [-0.25, -0.2) is 0 Å². The monoisotopic (exact) mass is 1480 g/mol. The van der Waals surface area contributed by atoms with Crippen molar-refractivity contribution in [3.05, 3.63) is 413 Å². The van der Waals surface area contributed by atoms with Gasteiger partial charge in [-0.15, -0.1) is 0 Å². The first-order valence-electron chi connectivity index (χ1n) is 38.9. The molecule has 0 atom stereocenters. The minimum atomic E-state index is -0.178. The molecule has 0 aliphatic heterocycles. The van der Waals surface area contributed by atoms with Crippen molar-refractivity contribution >= 4 is 141 Å². The number of halogens is 1. The first kappa shape index (κ1) is 67.6. The molecular weight excluding hydrogens is 1400 g/mol. The van der Waals surface area contributed by atoms with Crippen molar-refractivity contribution in [2.75, 3.05) is 4.90 Å². The van der Waals surface area contributed by atoms with Gasteiger partial charge in [0.15, 0.2) is 0 Å². The third-order valence-corrected chi connectivity index (χ3v) is 25.1. The van der Waals surface area contributed by atoms with Crippen LogP contribution in [-0.4, -0.2) is 0 Å². The van der Waals surface area contributed by atoms with Crippen molar-refractivity contribution in [3.8, 4) is 44.5 Å². The predicted molar refractivity (Wildman–Crippen MR) is 481 cm³/mol. The molecule has 0 bridgehead atoms. The summed E-state index contributed by atoms with van der Waals surface area (Å²) in [7, 11) is 0. The number of anilines is 3. The molecule has 20 aromatic rings. The van der Waals surface area contributed by atoms with E-state index in [0.717, 1.165) is 22.3 Å². The van der Waals surface area contributed by atoms with Crippen molar-refractivity contribution < 1.29 is 0 Å². The summed E-state index contributed by atoms with van der Waals surface area (Å²) in [5.74, 6) is 0. The number of para-hydroxylation sites is 1. The van der Waals surface area contributed by atoms with Crippen molar-refractivity contribution in [1.29, 1.82) is 0 Å². The van der Waals surface area contributed by atoms with Crippen molar-refractivity contribution in [2.24, 2.45) is 0 Å². The molecule has 2 aliphatic carbocycles. The van der Waals surface area contributed by atoms with Gasteiger partial charge in [-0.1, -0.05) is 337 Å². The van der Waals surface area contributed by atoms with E-state index in [1.54, 1.807) is 0 Å². The molecule has 0 N–H and O–H groups in total. The Morgan fingerprint density at radius 3 is 0.946 bits per heavy atom. The number of rotatable bonds is 7. The number of nitrogens with zero attached hydrogens (tertiary/aromatic N) is 1. The average Bonchev–Trinajstić information content (AvgIpc) is 1.56. The minimum Gasteiger partial charge on any atom is -0.309 e. The van der Waals surface area contributed by atoms with E-state index < -0.39 is 0 Å². The van der Waals surface area contributed by atoms with Crippen LogP contribution in [0.3, 0.4) is 0 Å². The molecule has 0 heterocycles. The molecule has 0 spiro atoms. The SMILES string of the molecule is CC1(C)c2cc(-c3c4ccccc4c(Br)c4ccccc34)ccc2-c2cc3c4ccccc4c4ccccc4c3cc21.Cc1cccc(Cc2ccccc2)c1.Cc1cccc(N(c2ccccc2)c2c3ccccc3c(-c3ccc4c(c3)C(C)(C)c3cc5c6ccccc6c6ccccc6c5cc3-4)c3ccccc23)c1. The van der Waals surface area contributed by atoms with Crippen LogP contribution in [0, 0.1) is 13.8 Å². The van der Waals surface area contributed by atoms with Crippen LogP contribution in [-0.2, 0) is 17.3 Å². The zero-order valence-corrected chi connectivity index (χ0v) is 64.8. The molecule has 0 radical (unpaired) electrons. The Kier molecular flexibility index (Phi) is 16.4. The smallest absolute Gasteiger partial charge is 0.0618 e. The third-order valence-electron chi connectivity index (χ3n) is 24.3. The van der Waals surface area contributed by atoms with Crippen LogP contribution < -0.4 is 4.90 Å². The van der Waals surface area contributed by atoms with E-state index in [1.165, 1.54) is 202 Å². The van der Waals surface area contributed by atoms with Gasteiger partial charge in [0.1, 0.15) is 0 Å². The maximum Gasteiger partial charge on any atom is 0.0618 e. The molecule has 2 heteroatoms. The minimum absolute atomic E-state index is 0.122. The van der Waals surface area contributed by atoms with Crippen molar-refractivity contribution in [1.82, 2.24) is 0 Å². The van der Waals surface area contributed by atoms with Gasteiger partial charge in [0.25, 0.3) is 0 Å². The van der Waals surface area contributed by atoms with Crippen LogP contribution >= 0.6 is 15.9 Å². The Hall–Kier alpha value is -12.7. The standard InChI is InChI=1S/C54H39N.C41H27Br.C14H14/c1-34-16-15-19-37(30-34)55(36-17-5-4-6-18-36)53-45-26-13-11-24-43(45)52(44-25-12-14-27-46(44)53)35-28-29-42-49-32-47-40-22-9-7-20-38(40)39-21-8-10-23-41(39)48(47)33-51(49)54(2,3)50(42)31-35;1-41(2)37-21-24(39-30-15-7-9-17-32(30)40(42)33-18-10-8-16-31(33)39)19-20-29(37)36-22-34-27-13-5-3-11-25(27)26-12-4-6-14-28(26)35(34)23-38(36)41;1-12-6-5-9-14(10-12)11-13-7-3-2-4-8-13/h4-33H,1-3H3;3-23H,1-2H3;2-10H,11H2,1H3. The zero-order chi connectivity index (χ0) is 74.8. The average molecular weight is 1480 g/mol. The lowest BCUT2D eigenvalue weighted by Gasteiger charge is -2.30. The lowest BCUT2D eigenvalue weighted by atomic mass is 9.80. The highest BCUT2D eigenvalue weighted by Crippen LogP contribution is 2.57. The largest absolute Gasteiger partial charge is 0.309 e. The molecule has 0 saturated heterocycles. The van der Waals surface area contributed by atoms with Gasteiger partial charge < -0.3 is 4.90 Å². The molecule has 111 heavy (non-hydrogen) atoms. The predicted octanol–water partition coefficient (Wildman–Crippen LogP) is 31.0. The number of aryl methyl sites for hydroxylation is 2. The maximum atomic E-state index is 3.93. The fourth-order valence-corrected chi connectivity index (χ4v) is 19.7. The molecule has 0 aromatic heterocycles. The Balaban J connectivity index is 0.000000126. The van der Waals surface area contributed by atoms with Crippen LogP contribution in [0.1, 0.15) is 72.2 Å². The fraction of sp³-hybridized carbons (Fsp3) is 0.0826. The van der Waals surface area contributed by atoms with Gasteiger partial charge in [-0.3, -0.25) is 0 Å². The lowest BCUT2D eigenvalue weighted by Crippen LogP contribution is -2.15. The first-order chi connectivity index (χ1) is 54.3. The summed E-state index contributed by atoms with van der Waals surface area (Å²) in [6.45, 7) is 13.9. The van der Waals surface area contributed by atoms with Crippen LogP contribution in [0.2, 0.25) is 0 Å². The molecule has 0 unspecified atom stereocenters. The molecule has 20 aromatic carbocycles. The molecular formula is C109H80BrN. The Morgan fingerprint density at radius 1 is 0.234 bits per heavy atom. The topological polar surface area (TPSA) is 3.24 Å². The van der Waals surface area contributed by atoms with Crippen molar-refractivity contribution in [3.63, 3.8) is 0 Å². The maximum absolute atomic E-state index is 3.93. The summed E-state index contributed by atoms with van der Waals surface area (Å²) in [5, 5.41) is 25.9. The van der Waals surface area contributed by atoms with Gasteiger partial charge >= 0.3 is 0 Å². The van der Waals surface area contributed by atoms with E-state index in [4.69, 9.17) is 0 Å². The van der Waals surface area contributed by atoms with E-state index in [9.17, 15) is 0 Å². The van der Waals surface area contributed by atoms with E-state index in [0.29, 0.717) is 0 Å². The lowest BCUT2D eigenvalue weighted by molar-refractivity contribution is 0.661. The summed E-state index contributed by atoms with van der Waals surface area (Å²) in [6, 6.07) is 134. The quantitative estimate of drug-likeness (QED) is 0.114. The second-order valence-electron chi connectivity index (χ2n) is 31.6. The number of hydrogen-bond acceptors (Lipinski definition) is 1. The summed E-state index contributed by atoms with van der Waals surface area (Å²) >= 11 is 3.93. The normalized spacial score (nSPS) is 13.0. The van der Waals surface area contributed by atoms with E-state index in [2.05, 4.69) is 426 Å². The molecule has 0 fully saturated rings. The Labute approximate surface area is 657 Å². The van der Waals surface area contributed by atoms with Gasteiger partial charge in [0, 0.05) is 37.4 Å². The fourth-order valence-electron chi connectivity index (χ4n) is 19.0. The van der Waals surface area contributed by atoms with Crippen LogP contribution in [0.4, 0.5) is 17.1 Å². The molecule has 528 valence electrons. The first-order valence-corrected chi connectivity index (χ1v) is 39.7. The van der Waals surface area contributed by atoms with Gasteiger partial charge in [-0.2, -0.15) is 0 Å². The second-order valence-corrected chi connectivity index (χ2v) is 32.4. The highest BCUT2D eigenvalue weighted by atomic mass is 79.9. The summed E-state index contributed by atoms with van der Waals surface area (Å²) in [6.07, 6.45) is 1.03. The Morgan fingerprint density at radius 2 is 0.541 bits per heavy atom. The summed E-state index contributed by atoms with van der Waals surface area (Å²) in [4.78, 5) is 2.45. The van der Waals surface area contributed by atoms with Gasteiger partial charge in [0.2, 0.25) is 0 Å². The van der Waals surface area contributed by atoms with Crippen molar-refractivity contribution in [2.45, 2.75) is 58.8 Å². The Bertz CT molecular complexity index is 7090. The second kappa shape index (κ2) is 26.8. The third kappa shape index (κ3) is 11.2. The molecule has 2 aliphatic rings.